The molecule has 0 aromatic carbocycles. The number of rotatable bonds is 1. The lowest BCUT2D eigenvalue weighted by molar-refractivity contribution is 0.0126. The Morgan fingerprint density at radius 3 is 3.06 bits per heavy atom. The SMILES string of the molecule is Brc1cccc2nc(C3CCCCO3)cn12. The van der Waals surface area contributed by atoms with Crippen LogP contribution in [0.1, 0.15) is 31.1 Å². The predicted octanol–water partition coefficient (Wildman–Crippen LogP) is 3.34. The lowest BCUT2D eigenvalue weighted by atomic mass is 10.1. The molecule has 3 nitrogen and oxygen atoms in total. The number of hydrogen-bond donors (Lipinski definition) is 0. The van der Waals surface area contributed by atoms with Gasteiger partial charge in [0, 0.05) is 12.8 Å². The summed E-state index contributed by atoms with van der Waals surface area (Å²) in [6.07, 6.45) is 5.74. The Morgan fingerprint density at radius 1 is 1.38 bits per heavy atom. The lowest BCUT2D eigenvalue weighted by Gasteiger charge is -2.20. The number of pyridine rings is 1. The van der Waals surface area contributed by atoms with Gasteiger partial charge in [0.25, 0.3) is 0 Å². The van der Waals surface area contributed by atoms with Crippen LogP contribution in [-0.2, 0) is 4.74 Å². The third kappa shape index (κ3) is 1.76. The number of aromatic nitrogens is 2. The second kappa shape index (κ2) is 4.18. The normalized spacial score (nSPS) is 21.4. The van der Waals surface area contributed by atoms with E-state index in [1.807, 2.05) is 22.6 Å². The lowest BCUT2D eigenvalue weighted by Crippen LogP contribution is -2.11. The van der Waals surface area contributed by atoms with E-state index in [4.69, 9.17) is 4.74 Å². The first-order valence-electron chi connectivity index (χ1n) is 5.60. The molecule has 84 valence electrons. The Kier molecular flexibility index (Phi) is 2.69. The Balaban J connectivity index is 2.01. The number of fused-ring (bicyclic) bond motifs is 1. The smallest absolute Gasteiger partial charge is 0.137 e. The van der Waals surface area contributed by atoms with Crippen molar-refractivity contribution in [3.8, 4) is 0 Å². The number of nitrogens with zero attached hydrogens (tertiary/aromatic N) is 2. The second-order valence-electron chi connectivity index (χ2n) is 4.10. The van der Waals surface area contributed by atoms with Crippen molar-refractivity contribution in [3.05, 3.63) is 34.7 Å². The molecule has 0 bridgehead atoms. The molecular formula is C12H13BrN2O. The van der Waals surface area contributed by atoms with E-state index < -0.39 is 0 Å². The minimum Gasteiger partial charge on any atom is -0.372 e. The van der Waals surface area contributed by atoms with Crippen molar-refractivity contribution >= 4 is 21.6 Å². The number of halogens is 1. The van der Waals surface area contributed by atoms with Crippen molar-refractivity contribution in [3.63, 3.8) is 0 Å². The molecule has 0 N–H and O–H groups in total. The molecule has 0 spiro atoms. The molecule has 3 rings (SSSR count). The van der Waals surface area contributed by atoms with Crippen molar-refractivity contribution < 1.29 is 4.74 Å². The van der Waals surface area contributed by atoms with Gasteiger partial charge in [-0.2, -0.15) is 0 Å². The molecule has 1 fully saturated rings. The van der Waals surface area contributed by atoms with Crippen LogP contribution in [0.4, 0.5) is 0 Å². The summed E-state index contributed by atoms with van der Waals surface area (Å²) in [4.78, 5) is 4.61. The molecular weight excluding hydrogens is 268 g/mol. The van der Waals surface area contributed by atoms with Gasteiger partial charge in [-0.1, -0.05) is 6.07 Å². The molecule has 1 unspecified atom stereocenters. The molecule has 0 amide bonds. The van der Waals surface area contributed by atoms with Crippen LogP contribution in [0, 0.1) is 0 Å². The summed E-state index contributed by atoms with van der Waals surface area (Å²) < 4.78 is 8.82. The highest BCUT2D eigenvalue weighted by atomic mass is 79.9. The Morgan fingerprint density at radius 2 is 2.31 bits per heavy atom. The van der Waals surface area contributed by atoms with Gasteiger partial charge in [-0.25, -0.2) is 4.98 Å². The fourth-order valence-corrected chi connectivity index (χ4v) is 2.56. The van der Waals surface area contributed by atoms with E-state index >= 15 is 0 Å². The van der Waals surface area contributed by atoms with Crippen LogP contribution in [0.15, 0.2) is 29.0 Å². The highest BCUT2D eigenvalue weighted by Gasteiger charge is 2.19. The topological polar surface area (TPSA) is 26.5 Å². The maximum Gasteiger partial charge on any atom is 0.137 e. The van der Waals surface area contributed by atoms with Gasteiger partial charge in [0.1, 0.15) is 11.8 Å². The maximum absolute atomic E-state index is 5.74. The quantitative estimate of drug-likeness (QED) is 0.749. The van der Waals surface area contributed by atoms with Crippen LogP contribution >= 0.6 is 15.9 Å². The zero-order valence-electron chi connectivity index (χ0n) is 8.90. The van der Waals surface area contributed by atoms with Crippen LogP contribution in [0.25, 0.3) is 5.65 Å². The molecule has 2 aromatic heterocycles. The highest BCUT2D eigenvalue weighted by Crippen LogP contribution is 2.28. The van der Waals surface area contributed by atoms with Gasteiger partial charge in [-0.15, -0.1) is 0 Å². The van der Waals surface area contributed by atoms with Crippen molar-refractivity contribution in [2.75, 3.05) is 6.61 Å². The first kappa shape index (κ1) is 10.3. The van der Waals surface area contributed by atoms with E-state index in [2.05, 4.69) is 27.1 Å². The van der Waals surface area contributed by atoms with Crippen LogP contribution in [-0.4, -0.2) is 16.0 Å². The van der Waals surface area contributed by atoms with Gasteiger partial charge in [0.15, 0.2) is 0 Å². The van der Waals surface area contributed by atoms with Gasteiger partial charge in [-0.3, -0.25) is 4.40 Å². The molecule has 4 heteroatoms. The molecule has 0 aliphatic carbocycles. The molecule has 1 saturated heterocycles. The van der Waals surface area contributed by atoms with E-state index in [0.29, 0.717) is 0 Å². The zero-order chi connectivity index (χ0) is 11.0. The molecule has 0 saturated carbocycles. The molecule has 16 heavy (non-hydrogen) atoms. The van der Waals surface area contributed by atoms with E-state index in [1.165, 1.54) is 12.8 Å². The summed E-state index contributed by atoms with van der Waals surface area (Å²) >= 11 is 3.52. The predicted molar refractivity (Wildman–Crippen MR) is 65.4 cm³/mol. The average Bonchev–Trinajstić information content (AvgIpc) is 2.76. The zero-order valence-corrected chi connectivity index (χ0v) is 10.5. The highest BCUT2D eigenvalue weighted by molar-refractivity contribution is 9.10. The van der Waals surface area contributed by atoms with Gasteiger partial charge in [-0.05, 0) is 47.3 Å². The van der Waals surface area contributed by atoms with Gasteiger partial charge in [0.2, 0.25) is 0 Å². The van der Waals surface area contributed by atoms with Gasteiger partial charge >= 0.3 is 0 Å². The Bertz CT molecular complexity index is 503. The Hall–Kier alpha value is -0.870. The average molecular weight is 281 g/mol. The third-order valence-electron chi connectivity index (χ3n) is 2.97. The minimum atomic E-state index is 0.181. The first-order chi connectivity index (χ1) is 7.84. The number of hydrogen-bond acceptors (Lipinski definition) is 2. The maximum atomic E-state index is 5.74. The largest absolute Gasteiger partial charge is 0.372 e. The summed E-state index contributed by atoms with van der Waals surface area (Å²) in [5, 5.41) is 0. The van der Waals surface area contributed by atoms with Crippen molar-refractivity contribution in [2.45, 2.75) is 25.4 Å². The Labute approximate surface area is 103 Å². The second-order valence-corrected chi connectivity index (χ2v) is 4.91. The van der Waals surface area contributed by atoms with Crippen LogP contribution in [0.5, 0.6) is 0 Å². The standard InChI is InChI=1S/C12H13BrN2O/c13-11-5-3-6-12-14-9(8-15(11)12)10-4-1-2-7-16-10/h3,5-6,8,10H,1-2,4,7H2. The van der Waals surface area contributed by atoms with Crippen molar-refractivity contribution in [1.29, 1.82) is 0 Å². The van der Waals surface area contributed by atoms with E-state index in [0.717, 1.165) is 29.0 Å². The van der Waals surface area contributed by atoms with Crippen LogP contribution < -0.4 is 0 Å². The molecule has 1 aliphatic rings. The number of imidazole rings is 1. The van der Waals surface area contributed by atoms with Crippen LogP contribution in [0.3, 0.4) is 0 Å². The third-order valence-corrected chi connectivity index (χ3v) is 3.62. The van der Waals surface area contributed by atoms with Crippen molar-refractivity contribution in [2.24, 2.45) is 0 Å². The van der Waals surface area contributed by atoms with Crippen molar-refractivity contribution in [1.82, 2.24) is 9.38 Å². The molecule has 1 aliphatic heterocycles. The summed E-state index contributed by atoms with van der Waals surface area (Å²) in [6.45, 7) is 0.861. The van der Waals surface area contributed by atoms with Gasteiger partial charge in [0.05, 0.1) is 10.3 Å². The summed E-state index contributed by atoms with van der Waals surface area (Å²) in [5.41, 5.74) is 2.02. The summed E-state index contributed by atoms with van der Waals surface area (Å²) in [6, 6.07) is 6.02. The summed E-state index contributed by atoms with van der Waals surface area (Å²) in [7, 11) is 0. The fourth-order valence-electron chi connectivity index (χ4n) is 2.13. The minimum absolute atomic E-state index is 0.181. The van der Waals surface area contributed by atoms with E-state index in [-0.39, 0.29) is 6.10 Å². The van der Waals surface area contributed by atoms with E-state index in [9.17, 15) is 0 Å². The molecule has 0 radical (unpaired) electrons. The first-order valence-corrected chi connectivity index (χ1v) is 6.39. The molecule has 1 atom stereocenters. The monoisotopic (exact) mass is 280 g/mol. The number of ether oxygens (including phenoxy) is 1. The molecule has 3 heterocycles. The van der Waals surface area contributed by atoms with Gasteiger partial charge < -0.3 is 4.74 Å². The van der Waals surface area contributed by atoms with Crippen LogP contribution in [0.2, 0.25) is 0 Å². The molecule has 2 aromatic rings. The summed E-state index contributed by atoms with van der Waals surface area (Å²) in [5.74, 6) is 0. The fraction of sp³-hybridized carbons (Fsp3) is 0.417. The van der Waals surface area contributed by atoms with E-state index in [1.54, 1.807) is 0 Å².